The number of aliphatic hydroxyl groups is 1. The highest BCUT2D eigenvalue weighted by atomic mass is 16.5. The summed E-state index contributed by atoms with van der Waals surface area (Å²) in [5.41, 5.74) is 1.08. The van der Waals surface area contributed by atoms with E-state index in [1.54, 1.807) is 6.33 Å². The van der Waals surface area contributed by atoms with E-state index in [0.717, 1.165) is 23.7 Å². The zero-order valence-electron chi connectivity index (χ0n) is 12.4. The van der Waals surface area contributed by atoms with E-state index in [9.17, 15) is 5.11 Å². The highest BCUT2D eigenvalue weighted by Crippen LogP contribution is 2.36. The molecule has 0 amide bonds. The van der Waals surface area contributed by atoms with Gasteiger partial charge in [-0.15, -0.1) is 0 Å². The van der Waals surface area contributed by atoms with Gasteiger partial charge in [0.1, 0.15) is 17.9 Å². The van der Waals surface area contributed by atoms with Crippen LogP contribution in [0.3, 0.4) is 0 Å². The first-order chi connectivity index (χ1) is 10.1. The second-order valence-electron chi connectivity index (χ2n) is 5.98. The van der Waals surface area contributed by atoms with Gasteiger partial charge in [-0.25, -0.2) is 9.67 Å². The van der Waals surface area contributed by atoms with Gasteiger partial charge in [0.05, 0.1) is 12.7 Å². The van der Waals surface area contributed by atoms with Crippen molar-refractivity contribution >= 4 is 0 Å². The Hall–Kier alpha value is -1.88. The van der Waals surface area contributed by atoms with Gasteiger partial charge in [0.15, 0.2) is 0 Å². The molecule has 0 saturated carbocycles. The monoisotopic (exact) mass is 287 g/mol. The molecule has 0 aliphatic carbocycles. The number of rotatable bonds is 5. The number of fused-ring (bicyclic) bond motifs is 1. The minimum absolute atomic E-state index is 0.00500. The quantitative estimate of drug-likeness (QED) is 0.914. The SMILES string of the molecule is CC(C)Cn1ncnc1CC(O)C1COc2ccccc21. The molecule has 0 saturated heterocycles. The summed E-state index contributed by atoms with van der Waals surface area (Å²) in [5, 5.41) is 14.8. The Morgan fingerprint density at radius 1 is 1.38 bits per heavy atom. The molecular formula is C16H21N3O2. The lowest BCUT2D eigenvalue weighted by atomic mass is 9.93. The molecule has 0 bridgehead atoms. The third kappa shape index (κ3) is 2.93. The van der Waals surface area contributed by atoms with Gasteiger partial charge in [-0.2, -0.15) is 5.10 Å². The summed E-state index contributed by atoms with van der Waals surface area (Å²) in [6.07, 6.45) is 1.54. The molecule has 5 heteroatoms. The van der Waals surface area contributed by atoms with Gasteiger partial charge in [-0.05, 0) is 12.0 Å². The zero-order valence-corrected chi connectivity index (χ0v) is 12.4. The summed E-state index contributed by atoms with van der Waals surface area (Å²) in [4.78, 5) is 4.29. The van der Waals surface area contributed by atoms with Crippen LogP contribution in [0.2, 0.25) is 0 Å². The molecule has 21 heavy (non-hydrogen) atoms. The van der Waals surface area contributed by atoms with Gasteiger partial charge in [-0.3, -0.25) is 0 Å². The van der Waals surface area contributed by atoms with Crippen molar-refractivity contribution in [3.8, 4) is 5.75 Å². The van der Waals surface area contributed by atoms with E-state index in [1.165, 1.54) is 0 Å². The summed E-state index contributed by atoms with van der Waals surface area (Å²) in [6, 6.07) is 7.90. The second-order valence-corrected chi connectivity index (χ2v) is 5.98. The Bertz CT molecular complexity index is 609. The topological polar surface area (TPSA) is 60.2 Å². The van der Waals surface area contributed by atoms with Gasteiger partial charge in [0.2, 0.25) is 0 Å². The lowest BCUT2D eigenvalue weighted by Crippen LogP contribution is -2.24. The average molecular weight is 287 g/mol. The number of nitrogens with zero attached hydrogens (tertiary/aromatic N) is 3. The Labute approximate surface area is 124 Å². The standard InChI is InChI=1S/C16H21N3O2/c1-11(2)8-19-16(17-10-18-19)7-14(20)13-9-21-15-6-4-3-5-12(13)15/h3-6,10-11,13-14,20H,7-9H2,1-2H3. The van der Waals surface area contributed by atoms with E-state index < -0.39 is 6.10 Å². The van der Waals surface area contributed by atoms with Crippen LogP contribution in [0.1, 0.15) is 31.2 Å². The van der Waals surface area contributed by atoms with Gasteiger partial charge < -0.3 is 9.84 Å². The van der Waals surface area contributed by atoms with Crippen LogP contribution in [-0.2, 0) is 13.0 Å². The Balaban J connectivity index is 1.73. The summed E-state index contributed by atoms with van der Waals surface area (Å²) in [6.45, 7) is 5.63. The van der Waals surface area contributed by atoms with Crippen molar-refractivity contribution in [2.24, 2.45) is 5.92 Å². The van der Waals surface area contributed by atoms with Gasteiger partial charge in [0, 0.05) is 24.4 Å². The van der Waals surface area contributed by atoms with Crippen molar-refractivity contribution < 1.29 is 9.84 Å². The van der Waals surface area contributed by atoms with Crippen molar-refractivity contribution in [1.29, 1.82) is 0 Å². The molecule has 0 radical (unpaired) electrons. The van der Waals surface area contributed by atoms with E-state index in [2.05, 4.69) is 23.9 Å². The van der Waals surface area contributed by atoms with Crippen LogP contribution >= 0.6 is 0 Å². The van der Waals surface area contributed by atoms with Crippen LogP contribution in [0, 0.1) is 5.92 Å². The fraction of sp³-hybridized carbons (Fsp3) is 0.500. The lowest BCUT2D eigenvalue weighted by Gasteiger charge is -2.17. The van der Waals surface area contributed by atoms with Crippen molar-refractivity contribution in [3.63, 3.8) is 0 Å². The molecule has 1 aliphatic rings. The minimum atomic E-state index is -0.510. The maximum absolute atomic E-state index is 10.6. The zero-order chi connectivity index (χ0) is 14.8. The summed E-state index contributed by atoms with van der Waals surface area (Å²) in [5.74, 6) is 2.22. The normalized spacial score (nSPS) is 18.6. The number of hydrogen-bond donors (Lipinski definition) is 1. The molecule has 1 aliphatic heterocycles. The highest BCUT2D eigenvalue weighted by molar-refractivity contribution is 5.40. The van der Waals surface area contributed by atoms with Crippen molar-refractivity contribution in [2.45, 2.75) is 38.8 Å². The van der Waals surface area contributed by atoms with Crippen molar-refractivity contribution in [3.05, 3.63) is 42.0 Å². The smallest absolute Gasteiger partial charge is 0.138 e. The fourth-order valence-corrected chi connectivity index (χ4v) is 2.78. The van der Waals surface area contributed by atoms with E-state index >= 15 is 0 Å². The van der Waals surface area contributed by atoms with Crippen molar-refractivity contribution in [1.82, 2.24) is 14.8 Å². The van der Waals surface area contributed by atoms with Crippen LogP contribution in [0.4, 0.5) is 0 Å². The second kappa shape index (κ2) is 5.85. The van der Waals surface area contributed by atoms with Crippen molar-refractivity contribution in [2.75, 3.05) is 6.61 Å². The summed E-state index contributed by atoms with van der Waals surface area (Å²) < 4.78 is 7.53. The lowest BCUT2D eigenvalue weighted by molar-refractivity contribution is 0.125. The average Bonchev–Trinajstić information content (AvgIpc) is 3.05. The van der Waals surface area contributed by atoms with Crippen LogP contribution in [0.5, 0.6) is 5.75 Å². The summed E-state index contributed by atoms with van der Waals surface area (Å²) in [7, 11) is 0. The largest absolute Gasteiger partial charge is 0.493 e. The molecule has 3 rings (SSSR count). The molecule has 2 atom stereocenters. The van der Waals surface area contributed by atoms with E-state index in [4.69, 9.17) is 4.74 Å². The first kappa shape index (κ1) is 14.1. The van der Waals surface area contributed by atoms with Gasteiger partial charge in [0.25, 0.3) is 0 Å². The highest BCUT2D eigenvalue weighted by Gasteiger charge is 2.31. The van der Waals surface area contributed by atoms with E-state index in [0.29, 0.717) is 18.9 Å². The first-order valence-electron chi connectivity index (χ1n) is 7.41. The fourth-order valence-electron chi connectivity index (χ4n) is 2.78. The molecule has 2 unspecified atom stereocenters. The minimum Gasteiger partial charge on any atom is -0.493 e. The molecule has 112 valence electrons. The van der Waals surface area contributed by atoms with Crippen LogP contribution < -0.4 is 4.74 Å². The maximum atomic E-state index is 10.6. The molecular weight excluding hydrogens is 266 g/mol. The predicted molar refractivity (Wildman–Crippen MR) is 79.2 cm³/mol. The molecule has 1 aromatic heterocycles. The molecule has 1 aromatic carbocycles. The van der Waals surface area contributed by atoms with E-state index in [-0.39, 0.29) is 5.92 Å². The molecule has 0 fully saturated rings. The Morgan fingerprint density at radius 3 is 3.00 bits per heavy atom. The Kier molecular flexibility index (Phi) is 3.92. The number of ether oxygens (including phenoxy) is 1. The molecule has 2 aromatic rings. The first-order valence-corrected chi connectivity index (χ1v) is 7.41. The van der Waals surface area contributed by atoms with Crippen LogP contribution in [0.15, 0.2) is 30.6 Å². The number of aliphatic hydroxyl groups excluding tert-OH is 1. The van der Waals surface area contributed by atoms with Gasteiger partial charge in [-0.1, -0.05) is 32.0 Å². The predicted octanol–water partition coefficient (Wildman–Crippen LogP) is 2.01. The van der Waals surface area contributed by atoms with Gasteiger partial charge >= 0.3 is 0 Å². The molecule has 2 heterocycles. The number of aromatic nitrogens is 3. The molecule has 0 spiro atoms. The maximum Gasteiger partial charge on any atom is 0.138 e. The molecule has 5 nitrogen and oxygen atoms in total. The number of hydrogen-bond acceptors (Lipinski definition) is 4. The number of benzene rings is 1. The van der Waals surface area contributed by atoms with Crippen LogP contribution in [0.25, 0.3) is 0 Å². The van der Waals surface area contributed by atoms with Crippen LogP contribution in [-0.4, -0.2) is 32.6 Å². The number of para-hydroxylation sites is 1. The Morgan fingerprint density at radius 2 is 2.19 bits per heavy atom. The summed E-state index contributed by atoms with van der Waals surface area (Å²) >= 11 is 0. The third-order valence-corrected chi connectivity index (χ3v) is 3.83. The third-order valence-electron chi connectivity index (χ3n) is 3.83. The molecule has 1 N–H and O–H groups in total. The van der Waals surface area contributed by atoms with E-state index in [1.807, 2.05) is 28.9 Å².